The molecule has 0 spiro atoms. The summed E-state index contributed by atoms with van der Waals surface area (Å²) in [5.41, 5.74) is 1.59. The number of carbonyl (C=O) groups is 2. The highest BCUT2D eigenvalue weighted by Gasteiger charge is 2.30. The number of benzene rings is 2. The molecule has 3 aromatic rings. The molecule has 0 radical (unpaired) electrons. The average molecular weight is 338 g/mol. The molecule has 0 aliphatic carbocycles. The van der Waals surface area contributed by atoms with Gasteiger partial charge in [-0.25, -0.2) is 4.98 Å². The average Bonchev–Trinajstić information content (AvgIpc) is 3.18. The number of nitrogens with zero attached hydrogens (tertiary/aromatic N) is 1. The van der Waals surface area contributed by atoms with Crippen LogP contribution in [0.5, 0.6) is 0 Å². The molecule has 0 atom stereocenters. The summed E-state index contributed by atoms with van der Waals surface area (Å²) in [6.07, 6.45) is 1.70. The quantitative estimate of drug-likeness (QED) is 0.717. The van der Waals surface area contributed by atoms with Gasteiger partial charge in [0.05, 0.1) is 4.91 Å². The van der Waals surface area contributed by atoms with Crippen LogP contribution in [0.2, 0.25) is 0 Å². The Kier molecular flexibility index (Phi) is 3.48. The zero-order valence-corrected chi connectivity index (χ0v) is 13.4. The van der Waals surface area contributed by atoms with Crippen molar-refractivity contribution in [2.45, 2.75) is 0 Å². The van der Waals surface area contributed by atoms with Crippen molar-refractivity contribution in [1.29, 1.82) is 0 Å². The van der Waals surface area contributed by atoms with Crippen molar-refractivity contribution in [2.24, 2.45) is 0 Å². The van der Waals surface area contributed by atoms with Crippen LogP contribution in [-0.2, 0) is 4.79 Å². The number of imide groups is 1. The zero-order chi connectivity index (χ0) is 15.8. The number of thiazole rings is 1. The fourth-order valence-corrected chi connectivity index (χ4v) is 4.09. The highest BCUT2D eigenvalue weighted by Crippen LogP contribution is 2.37. The minimum Gasteiger partial charge on any atom is -0.282 e. The van der Waals surface area contributed by atoms with E-state index in [0.29, 0.717) is 10.5 Å². The van der Waals surface area contributed by atoms with Gasteiger partial charge in [-0.15, -0.1) is 11.3 Å². The van der Waals surface area contributed by atoms with Crippen LogP contribution in [0.3, 0.4) is 0 Å². The number of hydrogen-bond donors (Lipinski definition) is 1. The summed E-state index contributed by atoms with van der Waals surface area (Å²) in [5.74, 6) is -0.363. The lowest BCUT2D eigenvalue weighted by Crippen LogP contribution is -2.18. The van der Waals surface area contributed by atoms with E-state index >= 15 is 0 Å². The molecule has 6 heteroatoms. The Bertz CT molecular complexity index is 962. The second-order valence-corrected chi connectivity index (χ2v) is 6.82. The molecule has 23 heavy (non-hydrogen) atoms. The molecule has 0 unspecified atom stereocenters. The number of carbonyl (C=O) groups excluding carboxylic acids is 2. The lowest BCUT2D eigenvalue weighted by atomic mass is 10.0. The summed E-state index contributed by atoms with van der Waals surface area (Å²) in [4.78, 5) is 28.4. The number of amides is 2. The summed E-state index contributed by atoms with van der Waals surface area (Å²) in [6.45, 7) is 0. The first-order valence-electron chi connectivity index (χ1n) is 6.89. The maximum atomic E-state index is 12.1. The third-order valence-corrected chi connectivity index (χ3v) is 5.20. The maximum Gasteiger partial charge on any atom is 0.290 e. The first kappa shape index (κ1) is 14.2. The summed E-state index contributed by atoms with van der Waals surface area (Å²) in [7, 11) is 0. The number of fused-ring (bicyclic) bond motifs is 1. The van der Waals surface area contributed by atoms with Gasteiger partial charge in [-0.1, -0.05) is 36.4 Å². The first-order chi connectivity index (χ1) is 11.2. The van der Waals surface area contributed by atoms with Crippen molar-refractivity contribution in [3.8, 4) is 0 Å². The third kappa shape index (κ3) is 2.56. The number of hydrogen-bond acceptors (Lipinski definition) is 5. The molecule has 112 valence electrons. The fraction of sp³-hybridized carbons (Fsp3) is 0. The van der Waals surface area contributed by atoms with E-state index < -0.39 is 0 Å². The molecule has 2 amide bonds. The van der Waals surface area contributed by atoms with E-state index in [0.717, 1.165) is 33.1 Å². The topological polar surface area (TPSA) is 59.1 Å². The molecule has 4 rings (SSSR count). The van der Waals surface area contributed by atoms with Gasteiger partial charge >= 0.3 is 0 Å². The SMILES string of the molecule is O=C1NC(=O)C(=C(c2ccc3ccccc3c2)c2nccs2)S1. The van der Waals surface area contributed by atoms with Crippen LogP contribution in [0.4, 0.5) is 4.79 Å². The van der Waals surface area contributed by atoms with Crippen molar-refractivity contribution in [3.05, 3.63) is 69.5 Å². The molecule has 2 heterocycles. The molecule has 0 bridgehead atoms. The highest BCUT2D eigenvalue weighted by atomic mass is 32.2. The normalized spacial score (nSPS) is 16.7. The third-order valence-electron chi connectivity index (χ3n) is 3.53. The van der Waals surface area contributed by atoms with Gasteiger partial charge < -0.3 is 0 Å². The minimum absolute atomic E-state index is 0.347. The highest BCUT2D eigenvalue weighted by molar-refractivity contribution is 8.18. The molecule has 0 saturated carbocycles. The summed E-state index contributed by atoms with van der Waals surface area (Å²) in [5, 5.41) is 6.76. The van der Waals surface area contributed by atoms with E-state index in [4.69, 9.17) is 0 Å². The van der Waals surface area contributed by atoms with Gasteiger partial charge in [-0.05, 0) is 34.2 Å². The van der Waals surface area contributed by atoms with Gasteiger partial charge in [0.15, 0.2) is 0 Å². The van der Waals surface area contributed by atoms with E-state index in [1.807, 2.05) is 47.8 Å². The number of thioether (sulfide) groups is 1. The molecule has 1 aromatic heterocycles. The molecule has 1 aliphatic heterocycles. The predicted molar refractivity (Wildman–Crippen MR) is 93.2 cm³/mol. The van der Waals surface area contributed by atoms with Crippen molar-refractivity contribution in [1.82, 2.24) is 10.3 Å². The Morgan fingerprint density at radius 2 is 1.87 bits per heavy atom. The van der Waals surface area contributed by atoms with Crippen LogP contribution in [-0.4, -0.2) is 16.1 Å². The smallest absolute Gasteiger partial charge is 0.282 e. The van der Waals surface area contributed by atoms with Gasteiger partial charge in [0.25, 0.3) is 11.1 Å². The Balaban J connectivity index is 1.96. The van der Waals surface area contributed by atoms with E-state index in [2.05, 4.69) is 10.3 Å². The second kappa shape index (κ2) is 5.64. The van der Waals surface area contributed by atoms with Crippen molar-refractivity contribution in [3.63, 3.8) is 0 Å². The number of rotatable bonds is 2. The van der Waals surface area contributed by atoms with Crippen LogP contribution >= 0.6 is 23.1 Å². The summed E-state index contributed by atoms with van der Waals surface area (Å²) < 4.78 is 0. The van der Waals surface area contributed by atoms with E-state index in [9.17, 15) is 9.59 Å². The van der Waals surface area contributed by atoms with Crippen molar-refractivity contribution < 1.29 is 9.59 Å². The number of aromatic nitrogens is 1. The zero-order valence-electron chi connectivity index (χ0n) is 11.8. The van der Waals surface area contributed by atoms with Gasteiger partial charge in [0, 0.05) is 17.2 Å². The van der Waals surface area contributed by atoms with Gasteiger partial charge in [0.1, 0.15) is 5.01 Å². The van der Waals surface area contributed by atoms with Gasteiger partial charge in [0.2, 0.25) is 0 Å². The monoisotopic (exact) mass is 338 g/mol. The Labute approximate surface area is 140 Å². The lowest BCUT2D eigenvalue weighted by Gasteiger charge is -2.08. The molecule has 1 aliphatic rings. The molecule has 2 aromatic carbocycles. The summed E-state index contributed by atoms with van der Waals surface area (Å²) in [6, 6.07) is 14.0. The van der Waals surface area contributed by atoms with Gasteiger partial charge in [-0.2, -0.15) is 0 Å². The van der Waals surface area contributed by atoms with Crippen LogP contribution in [0, 0.1) is 0 Å². The van der Waals surface area contributed by atoms with Crippen molar-refractivity contribution >= 4 is 50.6 Å². The van der Waals surface area contributed by atoms with Crippen LogP contribution in [0.15, 0.2) is 58.9 Å². The van der Waals surface area contributed by atoms with Crippen LogP contribution < -0.4 is 5.32 Å². The Hall–Kier alpha value is -2.44. The van der Waals surface area contributed by atoms with E-state index in [-0.39, 0.29) is 11.1 Å². The molecular formula is C17H10N2O2S2. The largest absolute Gasteiger partial charge is 0.290 e. The lowest BCUT2D eigenvalue weighted by molar-refractivity contribution is -0.115. The summed E-state index contributed by atoms with van der Waals surface area (Å²) >= 11 is 2.37. The predicted octanol–water partition coefficient (Wildman–Crippen LogP) is 4.04. The molecule has 1 saturated heterocycles. The van der Waals surface area contributed by atoms with Crippen molar-refractivity contribution in [2.75, 3.05) is 0 Å². The molecule has 4 nitrogen and oxygen atoms in total. The van der Waals surface area contributed by atoms with Gasteiger partial charge in [-0.3, -0.25) is 14.9 Å². The molecule has 1 fully saturated rings. The maximum absolute atomic E-state index is 12.1. The fourth-order valence-electron chi connectivity index (χ4n) is 2.52. The molecule has 1 N–H and O–H groups in total. The van der Waals surface area contributed by atoms with E-state index in [1.165, 1.54) is 11.3 Å². The van der Waals surface area contributed by atoms with Crippen LogP contribution in [0.25, 0.3) is 16.3 Å². The Morgan fingerprint density at radius 3 is 2.57 bits per heavy atom. The number of nitrogens with one attached hydrogen (secondary N) is 1. The Morgan fingerprint density at radius 1 is 1.04 bits per heavy atom. The second-order valence-electron chi connectivity index (χ2n) is 4.95. The van der Waals surface area contributed by atoms with Crippen LogP contribution in [0.1, 0.15) is 10.6 Å². The minimum atomic E-state index is -0.363. The first-order valence-corrected chi connectivity index (χ1v) is 8.58. The van der Waals surface area contributed by atoms with E-state index in [1.54, 1.807) is 6.20 Å². The standard InChI is InChI=1S/C17H10N2O2S2/c20-15-14(23-17(21)19-15)13(16-18-7-8-22-16)12-6-5-10-3-1-2-4-11(10)9-12/h1-9H,(H,19,20,21). The molecular weight excluding hydrogens is 328 g/mol.